The first-order valence-electron chi connectivity index (χ1n) is 6.60. The number of hydrogen-bond acceptors (Lipinski definition) is 2. The van der Waals surface area contributed by atoms with E-state index in [1.54, 1.807) is 0 Å². The molecule has 2 aromatic carbocycles. The summed E-state index contributed by atoms with van der Waals surface area (Å²) in [7, 11) is 2.12. The van der Waals surface area contributed by atoms with Crippen molar-refractivity contribution in [2.75, 3.05) is 19.3 Å². The molecule has 3 rings (SSSR count). The number of fused-ring (bicyclic) bond motifs is 1. The zero-order valence-corrected chi connectivity index (χ0v) is 12.7. The molecule has 0 radical (unpaired) electrons. The lowest BCUT2D eigenvalue weighted by atomic mass is 9.88. The third-order valence-corrected chi connectivity index (χ3v) is 4.41. The first-order valence-corrected chi connectivity index (χ1v) is 7.35. The number of anilines is 1. The summed E-state index contributed by atoms with van der Waals surface area (Å²) in [5, 5.41) is 1.44. The molecule has 4 heteroatoms. The molecule has 2 N–H and O–H groups in total. The first kappa shape index (κ1) is 13.7. The van der Waals surface area contributed by atoms with Gasteiger partial charge in [0, 0.05) is 22.3 Å². The molecule has 0 saturated carbocycles. The summed E-state index contributed by atoms with van der Waals surface area (Å²) in [5.74, 6) is 0. The van der Waals surface area contributed by atoms with Gasteiger partial charge in [0.15, 0.2) is 0 Å². The summed E-state index contributed by atoms with van der Waals surface area (Å²) in [6, 6.07) is 12.0. The number of likely N-dealkylation sites (N-methyl/N-ethyl adjacent to an activating group) is 1. The monoisotopic (exact) mass is 306 g/mol. The molecule has 0 amide bonds. The Kier molecular flexibility index (Phi) is 3.63. The average Bonchev–Trinajstić information content (AvgIpc) is 2.40. The predicted molar refractivity (Wildman–Crippen MR) is 85.5 cm³/mol. The van der Waals surface area contributed by atoms with E-state index >= 15 is 0 Å². The predicted octanol–water partition coefficient (Wildman–Crippen LogP) is 4.15. The minimum atomic E-state index is 0.157. The maximum Gasteiger partial charge on any atom is 0.0616 e. The maximum atomic E-state index is 6.45. The van der Waals surface area contributed by atoms with Crippen LogP contribution in [-0.4, -0.2) is 18.5 Å². The van der Waals surface area contributed by atoms with E-state index < -0.39 is 0 Å². The second kappa shape index (κ2) is 5.28. The highest BCUT2D eigenvalue weighted by molar-refractivity contribution is 6.35. The van der Waals surface area contributed by atoms with E-state index in [2.05, 4.69) is 24.1 Å². The highest BCUT2D eigenvalue weighted by Crippen LogP contribution is 2.40. The molecule has 0 aromatic heterocycles. The maximum absolute atomic E-state index is 6.45. The number of halogens is 2. The number of nitrogens with zero attached hydrogens (tertiary/aromatic N) is 1. The standard InChI is InChI=1S/C16H16Cl2N2/c1-20-7-6-11-8-12(17)9-14(18)15(11)16(20)10-2-4-13(19)5-3-10/h2-5,8-9,16H,6-7,19H2,1H3/t16-/m0/s1. The van der Waals surface area contributed by atoms with Gasteiger partial charge in [-0.15, -0.1) is 0 Å². The SMILES string of the molecule is CN1CCc2cc(Cl)cc(Cl)c2[C@@H]1c1ccc(N)cc1. The van der Waals surface area contributed by atoms with Crippen LogP contribution in [0.2, 0.25) is 10.0 Å². The topological polar surface area (TPSA) is 29.3 Å². The molecule has 104 valence electrons. The highest BCUT2D eigenvalue weighted by atomic mass is 35.5. The molecule has 0 aliphatic carbocycles. The molecule has 0 saturated heterocycles. The second-order valence-electron chi connectivity index (χ2n) is 5.26. The molecule has 2 nitrogen and oxygen atoms in total. The van der Waals surface area contributed by atoms with Crippen LogP contribution in [0.1, 0.15) is 22.7 Å². The zero-order chi connectivity index (χ0) is 14.3. The highest BCUT2D eigenvalue weighted by Gasteiger charge is 2.28. The van der Waals surface area contributed by atoms with Crippen molar-refractivity contribution in [3.05, 3.63) is 63.1 Å². The summed E-state index contributed by atoms with van der Waals surface area (Å²) in [6.45, 7) is 0.985. The lowest BCUT2D eigenvalue weighted by molar-refractivity contribution is 0.265. The Morgan fingerprint density at radius 1 is 1.15 bits per heavy atom. The Morgan fingerprint density at radius 3 is 2.55 bits per heavy atom. The van der Waals surface area contributed by atoms with E-state index in [1.165, 1.54) is 11.1 Å². The van der Waals surface area contributed by atoms with Crippen molar-refractivity contribution >= 4 is 28.9 Å². The van der Waals surface area contributed by atoms with Gasteiger partial charge in [0.05, 0.1) is 6.04 Å². The van der Waals surface area contributed by atoms with Crippen molar-refractivity contribution in [3.63, 3.8) is 0 Å². The van der Waals surface area contributed by atoms with Crippen molar-refractivity contribution in [1.82, 2.24) is 4.90 Å². The number of nitrogens with two attached hydrogens (primary N) is 1. The van der Waals surface area contributed by atoms with Crippen LogP contribution in [-0.2, 0) is 6.42 Å². The third kappa shape index (κ3) is 2.39. The molecule has 0 unspecified atom stereocenters. The molecule has 20 heavy (non-hydrogen) atoms. The van der Waals surface area contributed by atoms with Crippen LogP contribution in [0, 0.1) is 0 Å². The number of rotatable bonds is 1. The fourth-order valence-corrected chi connectivity index (χ4v) is 3.54. The number of benzene rings is 2. The van der Waals surface area contributed by atoms with E-state index in [0.29, 0.717) is 5.02 Å². The van der Waals surface area contributed by atoms with Crippen molar-refractivity contribution in [3.8, 4) is 0 Å². The minimum Gasteiger partial charge on any atom is -0.399 e. The lowest BCUT2D eigenvalue weighted by Gasteiger charge is -2.35. The van der Waals surface area contributed by atoms with E-state index in [4.69, 9.17) is 28.9 Å². The molecule has 0 fully saturated rings. The Balaban J connectivity index is 2.14. The molecule has 1 aliphatic heterocycles. The van der Waals surface area contributed by atoms with Crippen molar-refractivity contribution in [2.24, 2.45) is 0 Å². The smallest absolute Gasteiger partial charge is 0.0616 e. The summed E-state index contributed by atoms with van der Waals surface area (Å²) in [5.41, 5.74) is 10.2. The van der Waals surface area contributed by atoms with Crippen molar-refractivity contribution in [1.29, 1.82) is 0 Å². The Bertz CT molecular complexity index is 638. The van der Waals surface area contributed by atoms with Crippen LogP contribution in [0.25, 0.3) is 0 Å². The molecule has 0 bridgehead atoms. The molecule has 1 heterocycles. The lowest BCUT2D eigenvalue weighted by Crippen LogP contribution is -2.33. The fraction of sp³-hybridized carbons (Fsp3) is 0.250. The van der Waals surface area contributed by atoms with Crippen molar-refractivity contribution in [2.45, 2.75) is 12.5 Å². The van der Waals surface area contributed by atoms with Gasteiger partial charge in [0.25, 0.3) is 0 Å². The van der Waals surface area contributed by atoms with Crippen LogP contribution in [0.15, 0.2) is 36.4 Å². The minimum absolute atomic E-state index is 0.157. The Hall–Kier alpha value is -1.22. The molecular weight excluding hydrogens is 291 g/mol. The van der Waals surface area contributed by atoms with E-state index in [1.807, 2.05) is 24.3 Å². The van der Waals surface area contributed by atoms with Gasteiger partial charge in [0.2, 0.25) is 0 Å². The summed E-state index contributed by atoms with van der Waals surface area (Å²) < 4.78 is 0. The summed E-state index contributed by atoms with van der Waals surface area (Å²) in [4.78, 5) is 2.31. The summed E-state index contributed by atoms with van der Waals surface area (Å²) >= 11 is 12.6. The largest absolute Gasteiger partial charge is 0.399 e. The average molecular weight is 307 g/mol. The Labute approximate surface area is 129 Å². The quantitative estimate of drug-likeness (QED) is 0.802. The van der Waals surface area contributed by atoms with Gasteiger partial charge in [-0.05, 0) is 54.4 Å². The first-order chi connectivity index (χ1) is 9.56. The van der Waals surface area contributed by atoms with Crippen LogP contribution < -0.4 is 5.73 Å². The van der Waals surface area contributed by atoms with Crippen molar-refractivity contribution < 1.29 is 0 Å². The molecular formula is C16H16Cl2N2. The fourth-order valence-electron chi connectivity index (χ4n) is 2.90. The number of nitrogen functional groups attached to an aromatic ring is 1. The molecule has 0 spiro atoms. The van der Waals surface area contributed by atoms with Gasteiger partial charge >= 0.3 is 0 Å². The molecule has 1 aliphatic rings. The van der Waals surface area contributed by atoms with Crippen LogP contribution >= 0.6 is 23.2 Å². The van der Waals surface area contributed by atoms with E-state index in [9.17, 15) is 0 Å². The Morgan fingerprint density at radius 2 is 1.85 bits per heavy atom. The molecule has 2 aromatic rings. The normalized spacial score (nSPS) is 18.9. The van der Waals surface area contributed by atoms with Crippen LogP contribution in [0.3, 0.4) is 0 Å². The van der Waals surface area contributed by atoms with Gasteiger partial charge in [-0.3, -0.25) is 4.90 Å². The van der Waals surface area contributed by atoms with Crippen LogP contribution in [0.4, 0.5) is 5.69 Å². The van der Waals surface area contributed by atoms with Gasteiger partial charge in [-0.25, -0.2) is 0 Å². The van der Waals surface area contributed by atoms with Crippen LogP contribution in [0.5, 0.6) is 0 Å². The third-order valence-electron chi connectivity index (χ3n) is 3.88. The molecule has 1 atom stereocenters. The van der Waals surface area contributed by atoms with Gasteiger partial charge < -0.3 is 5.73 Å². The van der Waals surface area contributed by atoms with Gasteiger partial charge in [-0.1, -0.05) is 35.3 Å². The van der Waals surface area contributed by atoms with Gasteiger partial charge in [-0.2, -0.15) is 0 Å². The second-order valence-corrected chi connectivity index (χ2v) is 6.10. The van der Waals surface area contributed by atoms with E-state index in [-0.39, 0.29) is 6.04 Å². The van der Waals surface area contributed by atoms with E-state index in [0.717, 1.165) is 29.2 Å². The number of hydrogen-bond donors (Lipinski definition) is 1. The zero-order valence-electron chi connectivity index (χ0n) is 11.2. The van der Waals surface area contributed by atoms with Gasteiger partial charge in [0.1, 0.15) is 0 Å². The summed E-state index contributed by atoms with van der Waals surface area (Å²) in [6.07, 6.45) is 0.970.